The molecule has 0 spiro atoms. The summed E-state index contributed by atoms with van der Waals surface area (Å²) < 4.78 is 1.15. The van der Waals surface area contributed by atoms with E-state index in [4.69, 9.17) is 0 Å². The summed E-state index contributed by atoms with van der Waals surface area (Å²) in [5, 5.41) is 23.6. The quantitative estimate of drug-likeness (QED) is 0.624. The van der Waals surface area contributed by atoms with Crippen LogP contribution in [0.4, 0.5) is 5.69 Å². The lowest BCUT2D eigenvalue weighted by atomic mass is 9.91. The molecular weight excluding hydrogens is 226 g/mol. The molecule has 0 aliphatic heterocycles. The Morgan fingerprint density at radius 1 is 1.71 bits per heavy atom. The molecule has 7 nitrogen and oxygen atoms in total. The van der Waals surface area contributed by atoms with Crippen LogP contribution in [0.3, 0.4) is 0 Å². The van der Waals surface area contributed by atoms with Crippen LogP contribution >= 0.6 is 0 Å². The molecule has 0 fully saturated rings. The topological polar surface area (TPSA) is 98.3 Å². The summed E-state index contributed by atoms with van der Waals surface area (Å²) in [5.74, 6) is -0.913. The summed E-state index contributed by atoms with van der Waals surface area (Å²) in [5.41, 5.74) is -1.47. The van der Waals surface area contributed by atoms with Crippen LogP contribution in [0.1, 0.15) is 27.2 Å². The van der Waals surface area contributed by atoms with Crippen molar-refractivity contribution in [3.05, 3.63) is 22.5 Å². The van der Waals surface area contributed by atoms with Gasteiger partial charge in [0.25, 0.3) is 0 Å². The third-order valence-electron chi connectivity index (χ3n) is 2.55. The molecule has 1 unspecified atom stereocenters. The van der Waals surface area contributed by atoms with Gasteiger partial charge in [0.2, 0.25) is 0 Å². The summed E-state index contributed by atoms with van der Waals surface area (Å²) in [6.45, 7) is 5.28. The van der Waals surface area contributed by atoms with Gasteiger partial charge in [0.1, 0.15) is 12.4 Å². The lowest BCUT2D eigenvalue weighted by Gasteiger charge is -2.26. The second-order valence-electron chi connectivity index (χ2n) is 4.58. The second kappa shape index (κ2) is 4.52. The van der Waals surface area contributed by atoms with E-state index in [0.717, 1.165) is 17.1 Å². The molecule has 1 aromatic heterocycles. The van der Waals surface area contributed by atoms with Gasteiger partial charge in [0.15, 0.2) is 5.54 Å². The Kier molecular flexibility index (Phi) is 3.50. The van der Waals surface area contributed by atoms with Crippen molar-refractivity contribution in [3.8, 4) is 0 Å². The van der Waals surface area contributed by atoms with Gasteiger partial charge in [0.05, 0.1) is 4.92 Å². The van der Waals surface area contributed by atoms with Crippen LogP contribution in [0.5, 0.6) is 0 Å². The van der Waals surface area contributed by atoms with Crippen LogP contribution in [0.2, 0.25) is 0 Å². The fourth-order valence-corrected chi connectivity index (χ4v) is 1.75. The average Bonchev–Trinajstić information content (AvgIpc) is 2.64. The lowest BCUT2D eigenvalue weighted by Crippen LogP contribution is -2.40. The van der Waals surface area contributed by atoms with E-state index in [1.807, 2.05) is 13.8 Å². The highest BCUT2D eigenvalue weighted by atomic mass is 16.6. The van der Waals surface area contributed by atoms with Crippen molar-refractivity contribution in [1.82, 2.24) is 9.78 Å². The smallest absolute Gasteiger partial charge is 0.331 e. The van der Waals surface area contributed by atoms with Gasteiger partial charge in [-0.1, -0.05) is 13.8 Å². The van der Waals surface area contributed by atoms with Crippen LogP contribution in [0, 0.1) is 16.0 Å². The van der Waals surface area contributed by atoms with Crippen molar-refractivity contribution in [3.63, 3.8) is 0 Å². The fraction of sp³-hybridized carbons (Fsp3) is 0.600. The zero-order valence-electron chi connectivity index (χ0n) is 9.95. The molecule has 1 N–H and O–H groups in total. The van der Waals surface area contributed by atoms with E-state index < -0.39 is 16.4 Å². The van der Waals surface area contributed by atoms with Gasteiger partial charge in [-0.25, -0.2) is 9.48 Å². The first-order valence-electron chi connectivity index (χ1n) is 5.20. The predicted molar refractivity (Wildman–Crippen MR) is 59.6 cm³/mol. The van der Waals surface area contributed by atoms with Crippen molar-refractivity contribution >= 4 is 11.7 Å². The first-order chi connectivity index (χ1) is 7.77. The molecule has 0 aliphatic rings. The minimum atomic E-state index is -1.26. The predicted octanol–water partition coefficient (Wildman–Crippen LogP) is 1.64. The van der Waals surface area contributed by atoms with Crippen molar-refractivity contribution in [2.45, 2.75) is 32.7 Å². The van der Waals surface area contributed by atoms with Gasteiger partial charge in [-0.3, -0.25) is 10.1 Å². The Bertz CT molecular complexity index is 441. The van der Waals surface area contributed by atoms with E-state index >= 15 is 0 Å². The summed E-state index contributed by atoms with van der Waals surface area (Å²) in [6, 6.07) is 0. The maximum Gasteiger partial charge on any atom is 0.331 e. The van der Waals surface area contributed by atoms with E-state index in [2.05, 4.69) is 5.10 Å². The van der Waals surface area contributed by atoms with Gasteiger partial charge >= 0.3 is 11.7 Å². The molecule has 94 valence electrons. The first kappa shape index (κ1) is 13.1. The first-order valence-corrected chi connectivity index (χ1v) is 5.20. The second-order valence-corrected chi connectivity index (χ2v) is 4.58. The molecule has 1 heterocycles. The lowest BCUT2D eigenvalue weighted by molar-refractivity contribution is -0.385. The summed E-state index contributed by atoms with van der Waals surface area (Å²) in [6.07, 6.45) is 2.55. The largest absolute Gasteiger partial charge is 0.479 e. The molecule has 7 heteroatoms. The third kappa shape index (κ3) is 2.61. The SMILES string of the molecule is CC(C)CC(C)(C(=O)O)n1cc([N+](=O)[O-])cn1. The van der Waals surface area contributed by atoms with E-state index in [1.54, 1.807) is 0 Å². The zero-order valence-corrected chi connectivity index (χ0v) is 9.95. The van der Waals surface area contributed by atoms with Crippen molar-refractivity contribution in [2.24, 2.45) is 5.92 Å². The Hall–Kier alpha value is -1.92. The molecule has 0 saturated carbocycles. The van der Waals surface area contributed by atoms with Crippen molar-refractivity contribution in [1.29, 1.82) is 0 Å². The molecular formula is C10H15N3O4. The monoisotopic (exact) mass is 241 g/mol. The normalized spacial score (nSPS) is 14.6. The summed E-state index contributed by atoms with van der Waals surface area (Å²) in [4.78, 5) is 21.2. The van der Waals surface area contributed by atoms with Crippen molar-refractivity contribution in [2.75, 3.05) is 0 Å². The summed E-state index contributed by atoms with van der Waals surface area (Å²) in [7, 11) is 0. The summed E-state index contributed by atoms with van der Waals surface area (Å²) >= 11 is 0. The molecule has 0 radical (unpaired) electrons. The highest BCUT2D eigenvalue weighted by molar-refractivity contribution is 5.76. The number of nitrogens with zero attached hydrogens (tertiary/aromatic N) is 3. The van der Waals surface area contributed by atoms with Crippen LogP contribution in [0.25, 0.3) is 0 Å². The zero-order chi connectivity index (χ0) is 13.2. The van der Waals surface area contributed by atoms with E-state index in [1.165, 1.54) is 6.92 Å². The van der Waals surface area contributed by atoms with Gasteiger partial charge in [-0.05, 0) is 19.3 Å². The number of carboxylic acid groups (broad SMARTS) is 1. The molecule has 1 atom stereocenters. The minimum Gasteiger partial charge on any atom is -0.479 e. The maximum atomic E-state index is 11.3. The molecule has 0 amide bonds. The molecule has 17 heavy (non-hydrogen) atoms. The molecule has 0 saturated heterocycles. The number of hydrogen-bond acceptors (Lipinski definition) is 4. The Morgan fingerprint density at radius 3 is 2.65 bits per heavy atom. The Morgan fingerprint density at radius 2 is 2.29 bits per heavy atom. The number of aliphatic carboxylic acids is 1. The Balaban J connectivity index is 3.13. The van der Waals surface area contributed by atoms with E-state index in [0.29, 0.717) is 6.42 Å². The maximum absolute atomic E-state index is 11.3. The number of carboxylic acids is 1. The standard InChI is InChI=1S/C10H15N3O4/c1-7(2)4-10(3,9(14)15)12-6-8(5-11-12)13(16)17/h5-7H,4H2,1-3H3,(H,14,15). The number of carbonyl (C=O) groups is 1. The van der Waals surface area contributed by atoms with Crippen molar-refractivity contribution < 1.29 is 14.8 Å². The van der Waals surface area contributed by atoms with Crippen LogP contribution < -0.4 is 0 Å². The molecule has 0 aliphatic carbocycles. The highest BCUT2D eigenvalue weighted by Gasteiger charge is 2.37. The third-order valence-corrected chi connectivity index (χ3v) is 2.55. The van der Waals surface area contributed by atoms with Crippen LogP contribution in [-0.4, -0.2) is 25.8 Å². The highest BCUT2D eigenvalue weighted by Crippen LogP contribution is 2.26. The molecule has 0 aromatic carbocycles. The molecule has 1 rings (SSSR count). The van der Waals surface area contributed by atoms with Gasteiger partial charge in [0, 0.05) is 0 Å². The average molecular weight is 241 g/mol. The number of rotatable bonds is 5. The Labute approximate surface area is 98.2 Å². The number of nitro groups is 1. The fourth-order valence-electron chi connectivity index (χ4n) is 1.75. The van der Waals surface area contributed by atoms with E-state index in [9.17, 15) is 20.0 Å². The van der Waals surface area contributed by atoms with Crippen LogP contribution in [-0.2, 0) is 10.3 Å². The molecule has 0 bridgehead atoms. The van der Waals surface area contributed by atoms with Gasteiger partial charge in [-0.2, -0.15) is 5.10 Å². The van der Waals surface area contributed by atoms with Gasteiger partial charge in [-0.15, -0.1) is 0 Å². The van der Waals surface area contributed by atoms with E-state index in [-0.39, 0.29) is 11.6 Å². The van der Waals surface area contributed by atoms with Crippen LogP contribution in [0.15, 0.2) is 12.4 Å². The minimum absolute atomic E-state index is 0.138. The van der Waals surface area contributed by atoms with Gasteiger partial charge < -0.3 is 5.11 Å². The number of aromatic nitrogens is 2. The molecule has 1 aromatic rings. The number of hydrogen-bond donors (Lipinski definition) is 1.